The van der Waals surface area contributed by atoms with Crippen molar-refractivity contribution in [3.05, 3.63) is 0 Å². The fourth-order valence-electron chi connectivity index (χ4n) is 2.91. The van der Waals surface area contributed by atoms with E-state index in [1.807, 2.05) is 0 Å². The first-order chi connectivity index (χ1) is 5.74. The van der Waals surface area contributed by atoms with Gasteiger partial charge in [0.1, 0.15) is 0 Å². The highest BCUT2D eigenvalue weighted by atomic mass is 16.3. The average Bonchev–Trinajstić information content (AvgIpc) is 2.78. The van der Waals surface area contributed by atoms with Crippen LogP contribution in [0.5, 0.6) is 0 Å². The minimum absolute atomic E-state index is 0.349. The second kappa shape index (κ2) is 3.00. The SMILES string of the molecule is C[C@@H]1CN(C)C(CO)[C@H]1C1CC1. The van der Waals surface area contributed by atoms with Crippen LogP contribution in [0.25, 0.3) is 0 Å². The lowest BCUT2D eigenvalue weighted by atomic mass is 9.88. The molecule has 0 amide bonds. The number of aliphatic hydroxyl groups is 1. The highest BCUT2D eigenvalue weighted by molar-refractivity contribution is 4.97. The summed E-state index contributed by atoms with van der Waals surface area (Å²) in [7, 11) is 2.14. The van der Waals surface area contributed by atoms with Crippen LogP contribution in [0.4, 0.5) is 0 Å². The number of likely N-dealkylation sites (N-methyl/N-ethyl adjacent to an activating group) is 1. The second-order valence-electron chi connectivity index (χ2n) is 4.58. The van der Waals surface area contributed by atoms with E-state index in [0.717, 1.165) is 17.8 Å². The van der Waals surface area contributed by atoms with Gasteiger partial charge >= 0.3 is 0 Å². The standard InChI is InChI=1S/C10H19NO/c1-7-5-11(2)9(6-12)10(7)8-3-4-8/h7-10,12H,3-6H2,1-2H3/t7-,9?,10-/m1/s1. The Morgan fingerprint density at radius 2 is 2.08 bits per heavy atom. The van der Waals surface area contributed by atoms with Crippen molar-refractivity contribution in [3.8, 4) is 0 Å². The number of likely N-dealkylation sites (tertiary alicyclic amines) is 1. The maximum absolute atomic E-state index is 9.26. The van der Waals surface area contributed by atoms with Crippen molar-refractivity contribution < 1.29 is 5.11 Å². The molecule has 0 aromatic heterocycles. The molecule has 12 heavy (non-hydrogen) atoms. The van der Waals surface area contributed by atoms with Crippen molar-refractivity contribution >= 4 is 0 Å². The van der Waals surface area contributed by atoms with Crippen LogP contribution in [0.15, 0.2) is 0 Å². The van der Waals surface area contributed by atoms with Crippen molar-refractivity contribution in [2.75, 3.05) is 20.2 Å². The van der Waals surface area contributed by atoms with Crippen molar-refractivity contribution in [3.63, 3.8) is 0 Å². The second-order valence-corrected chi connectivity index (χ2v) is 4.58. The van der Waals surface area contributed by atoms with E-state index in [0.29, 0.717) is 12.6 Å². The Hall–Kier alpha value is -0.0800. The first-order valence-corrected chi connectivity index (χ1v) is 5.05. The van der Waals surface area contributed by atoms with Crippen LogP contribution >= 0.6 is 0 Å². The van der Waals surface area contributed by atoms with Crippen molar-refractivity contribution in [1.82, 2.24) is 4.90 Å². The van der Waals surface area contributed by atoms with Gasteiger partial charge in [-0.15, -0.1) is 0 Å². The van der Waals surface area contributed by atoms with Crippen molar-refractivity contribution in [1.29, 1.82) is 0 Å². The maximum Gasteiger partial charge on any atom is 0.0589 e. The molecule has 0 spiro atoms. The van der Waals surface area contributed by atoms with Crippen LogP contribution in [0.1, 0.15) is 19.8 Å². The van der Waals surface area contributed by atoms with Gasteiger partial charge in [-0.2, -0.15) is 0 Å². The van der Waals surface area contributed by atoms with Gasteiger partial charge < -0.3 is 10.0 Å². The molecule has 2 fully saturated rings. The molecule has 70 valence electrons. The highest BCUT2D eigenvalue weighted by Crippen LogP contribution is 2.46. The molecule has 3 atom stereocenters. The van der Waals surface area contributed by atoms with E-state index in [1.165, 1.54) is 19.4 Å². The molecule has 1 unspecified atom stereocenters. The van der Waals surface area contributed by atoms with Gasteiger partial charge in [-0.3, -0.25) is 0 Å². The van der Waals surface area contributed by atoms with E-state index in [9.17, 15) is 5.11 Å². The third-order valence-electron chi connectivity index (χ3n) is 3.60. The Labute approximate surface area is 74.6 Å². The fraction of sp³-hybridized carbons (Fsp3) is 1.00. The number of aliphatic hydroxyl groups excluding tert-OH is 1. The lowest BCUT2D eigenvalue weighted by molar-refractivity contribution is 0.145. The quantitative estimate of drug-likeness (QED) is 0.665. The summed E-state index contributed by atoms with van der Waals surface area (Å²) in [6.45, 7) is 3.85. The molecule has 1 heterocycles. The molecule has 2 rings (SSSR count). The molecule has 2 heteroatoms. The predicted molar refractivity (Wildman–Crippen MR) is 48.9 cm³/mol. The van der Waals surface area contributed by atoms with Crippen molar-refractivity contribution in [2.24, 2.45) is 17.8 Å². The Morgan fingerprint density at radius 3 is 2.58 bits per heavy atom. The summed E-state index contributed by atoms with van der Waals surface area (Å²) >= 11 is 0. The third kappa shape index (κ3) is 1.27. The van der Waals surface area contributed by atoms with Crippen LogP contribution < -0.4 is 0 Å². The maximum atomic E-state index is 9.26. The molecule has 0 radical (unpaired) electrons. The molecule has 1 saturated heterocycles. The van der Waals surface area contributed by atoms with Gasteiger partial charge in [0.2, 0.25) is 0 Å². The van der Waals surface area contributed by atoms with Crippen LogP contribution in [0.3, 0.4) is 0 Å². The van der Waals surface area contributed by atoms with E-state index in [2.05, 4.69) is 18.9 Å². The summed E-state index contributed by atoms with van der Waals surface area (Å²) in [6, 6.07) is 0.451. The Bertz CT molecular complexity index is 167. The van der Waals surface area contributed by atoms with Gasteiger partial charge in [0, 0.05) is 12.6 Å². The highest BCUT2D eigenvalue weighted by Gasteiger charge is 2.45. The topological polar surface area (TPSA) is 23.5 Å². The van der Waals surface area contributed by atoms with Crippen molar-refractivity contribution in [2.45, 2.75) is 25.8 Å². The van der Waals surface area contributed by atoms with Gasteiger partial charge in [-0.25, -0.2) is 0 Å². The number of nitrogens with zero attached hydrogens (tertiary/aromatic N) is 1. The first kappa shape index (κ1) is 8.52. The van der Waals surface area contributed by atoms with Gasteiger partial charge in [0.25, 0.3) is 0 Å². The Morgan fingerprint density at radius 1 is 1.42 bits per heavy atom. The normalized spacial score (nSPS) is 43.8. The predicted octanol–water partition coefficient (Wildman–Crippen LogP) is 0.955. The van der Waals surface area contributed by atoms with E-state index >= 15 is 0 Å². The summed E-state index contributed by atoms with van der Waals surface area (Å²) in [5.41, 5.74) is 0. The van der Waals surface area contributed by atoms with Crippen LogP contribution in [-0.4, -0.2) is 36.2 Å². The smallest absolute Gasteiger partial charge is 0.0589 e. The minimum Gasteiger partial charge on any atom is -0.395 e. The van der Waals surface area contributed by atoms with Crippen LogP contribution in [0, 0.1) is 17.8 Å². The van der Waals surface area contributed by atoms with E-state index in [4.69, 9.17) is 0 Å². The van der Waals surface area contributed by atoms with E-state index in [1.54, 1.807) is 0 Å². The zero-order valence-corrected chi connectivity index (χ0v) is 8.03. The van der Waals surface area contributed by atoms with Crippen LogP contribution in [0.2, 0.25) is 0 Å². The average molecular weight is 169 g/mol. The van der Waals surface area contributed by atoms with Gasteiger partial charge in [-0.05, 0) is 37.6 Å². The largest absolute Gasteiger partial charge is 0.395 e. The fourth-order valence-corrected chi connectivity index (χ4v) is 2.91. The first-order valence-electron chi connectivity index (χ1n) is 5.05. The summed E-state index contributed by atoms with van der Waals surface area (Å²) in [5, 5.41) is 9.26. The van der Waals surface area contributed by atoms with Gasteiger partial charge in [0.15, 0.2) is 0 Å². The summed E-state index contributed by atoms with van der Waals surface area (Å²) in [5.74, 6) is 2.50. The van der Waals surface area contributed by atoms with E-state index in [-0.39, 0.29) is 0 Å². The summed E-state index contributed by atoms with van der Waals surface area (Å²) < 4.78 is 0. The van der Waals surface area contributed by atoms with Gasteiger partial charge in [-0.1, -0.05) is 6.92 Å². The monoisotopic (exact) mass is 169 g/mol. The van der Waals surface area contributed by atoms with Gasteiger partial charge in [0.05, 0.1) is 6.61 Å². The molecular weight excluding hydrogens is 150 g/mol. The van der Waals surface area contributed by atoms with E-state index < -0.39 is 0 Å². The zero-order chi connectivity index (χ0) is 8.72. The molecule has 0 aromatic carbocycles. The summed E-state index contributed by atoms with van der Waals surface area (Å²) in [6.07, 6.45) is 2.80. The Kier molecular flexibility index (Phi) is 2.13. The number of rotatable bonds is 2. The molecule has 0 bridgehead atoms. The number of hydrogen-bond donors (Lipinski definition) is 1. The minimum atomic E-state index is 0.349. The summed E-state index contributed by atoms with van der Waals surface area (Å²) in [4.78, 5) is 2.33. The Balaban J connectivity index is 2.06. The molecule has 1 N–H and O–H groups in total. The lowest BCUT2D eigenvalue weighted by Gasteiger charge is -2.23. The number of hydrogen-bond acceptors (Lipinski definition) is 2. The molecule has 1 aliphatic heterocycles. The molecule has 1 saturated carbocycles. The molecule has 2 aliphatic rings. The lowest BCUT2D eigenvalue weighted by Crippen LogP contribution is -2.33. The third-order valence-corrected chi connectivity index (χ3v) is 3.60. The molecule has 2 nitrogen and oxygen atoms in total. The molecule has 0 aromatic rings. The molecule has 1 aliphatic carbocycles. The molecular formula is C10H19NO. The van der Waals surface area contributed by atoms with Crippen LogP contribution in [-0.2, 0) is 0 Å². The zero-order valence-electron chi connectivity index (χ0n) is 8.03.